The first-order valence-electron chi connectivity index (χ1n) is 12.1. The van der Waals surface area contributed by atoms with Crippen LogP contribution >= 0.6 is 0 Å². The third-order valence-electron chi connectivity index (χ3n) is 7.28. The molecule has 7 heteroatoms. The Hall–Kier alpha value is -3.35. The molecule has 1 aliphatic carbocycles. The van der Waals surface area contributed by atoms with E-state index in [1.165, 1.54) is 0 Å². The summed E-state index contributed by atoms with van der Waals surface area (Å²) in [5.74, 6) is -1.36. The first-order valence-corrected chi connectivity index (χ1v) is 12.1. The lowest BCUT2D eigenvalue weighted by Gasteiger charge is -2.39. The van der Waals surface area contributed by atoms with Gasteiger partial charge >= 0.3 is 12.1 Å². The molecule has 1 unspecified atom stereocenters. The molecular formula is C28H36N2O5. The molecule has 7 nitrogen and oxygen atoms in total. The van der Waals surface area contributed by atoms with E-state index in [-0.39, 0.29) is 24.9 Å². The lowest BCUT2D eigenvalue weighted by Crippen LogP contribution is -2.57. The standard InChI is InChI=1S/C28H36N2O5/c1-6-11-18(16-24(31)30-28(4,5)27(2,3)25(32)33)29-26(34)35-17-23-21-14-9-7-12-19(21)20-13-8-10-15-22(20)23/h7-10,12-15,18,23H,6,11,16-17H2,1-5H3,(H,29,34)(H,30,31)(H,32,33). The number of nitrogens with one attached hydrogen (secondary N) is 2. The Morgan fingerprint density at radius 3 is 2.03 bits per heavy atom. The number of benzene rings is 2. The van der Waals surface area contributed by atoms with Crippen LogP contribution < -0.4 is 10.6 Å². The summed E-state index contributed by atoms with van der Waals surface area (Å²) >= 11 is 0. The van der Waals surface area contributed by atoms with E-state index >= 15 is 0 Å². The highest BCUT2D eigenvalue weighted by Gasteiger charge is 2.44. The van der Waals surface area contributed by atoms with Gasteiger partial charge in [-0.2, -0.15) is 0 Å². The molecule has 2 aromatic rings. The number of fused-ring (bicyclic) bond motifs is 3. The van der Waals surface area contributed by atoms with Crippen molar-refractivity contribution in [2.24, 2.45) is 5.41 Å². The second-order valence-electron chi connectivity index (χ2n) is 10.3. The van der Waals surface area contributed by atoms with Gasteiger partial charge in [-0.05, 0) is 56.4 Å². The zero-order valence-corrected chi connectivity index (χ0v) is 21.2. The highest BCUT2D eigenvalue weighted by atomic mass is 16.5. The van der Waals surface area contributed by atoms with Crippen LogP contribution in [0.5, 0.6) is 0 Å². The highest BCUT2D eigenvalue weighted by Crippen LogP contribution is 2.44. The van der Waals surface area contributed by atoms with Crippen LogP contribution in [0.2, 0.25) is 0 Å². The van der Waals surface area contributed by atoms with Crippen molar-refractivity contribution in [3.05, 3.63) is 59.7 Å². The number of rotatable bonds is 10. The molecule has 0 aromatic heterocycles. The third kappa shape index (κ3) is 5.66. The average Bonchev–Trinajstić information content (AvgIpc) is 3.11. The number of alkyl carbamates (subject to hydrolysis) is 1. The summed E-state index contributed by atoms with van der Waals surface area (Å²) in [6, 6.07) is 15.9. The number of ether oxygens (including phenoxy) is 1. The van der Waals surface area contributed by atoms with E-state index in [4.69, 9.17) is 4.74 Å². The van der Waals surface area contributed by atoms with E-state index in [0.29, 0.717) is 6.42 Å². The topological polar surface area (TPSA) is 105 Å². The Morgan fingerprint density at radius 1 is 0.971 bits per heavy atom. The van der Waals surface area contributed by atoms with Crippen LogP contribution in [0.4, 0.5) is 4.79 Å². The Kier molecular flexibility index (Phi) is 7.88. The maximum absolute atomic E-state index is 12.7. The van der Waals surface area contributed by atoms with Gasteiger partial charge in [0.1, 0.15) is 6.61 Å². The number of aliphatic carboxylic acids is 1. The molecule has 35 heavy (non-hydrogen) atoms. The van der Waals surface area contributed by atoms with Gasteiger partial charge in [0.15, 0.2) is 0 Å². The minimum atomic E-state index is -1.16. The predicted molar refractivity (Wildman–Crippen MR) is 135 cm³/mol. The highest BCUT2D eigenvalue weighted by molar-refractivity contribution is 5.82. The van der Waals surface area contributed by atoms with Crippen LogP contribution in [0.1, 0.15) is 70.9 Å². The Balaban J connectivity index is 1.61. The average molecular weight is 481 g/mol. The molecule has 0 saturated carbocycles. The van der Waals surface area contributed by atoms with Crippen LogP contribution in [0.3, 0.4) is 0 Å². The fraction of sp³-hybridized carbons (Fsp3) is 0.464. The zero-order valence-electron chi connectivity index (χ0n) is 21.2. The maximum atomic E-state index is 12.7. The largest absolute Gasteiger partial charge is 0.481 e. The minimum absolute atomic E-state index is 0.0389. The van der Waals surface area contributed by atoms with Gasteiger partial charge in [0, 0.05) is 23.9 Å². The van der Waals surface area contributed by atoms with Gasteiger partial charge in [-0.3, -0.25) is 9.59 Å². The Morgan fingerprint density at radius 2 is 1.51 bits per heavy atom. The normalized spacial score (nSPS) is 14.0. The van der Waals surface area contributed by atoms with E-state index in [2.05, 4.69) is 34.9 Å². The van der Waals surface area contributed by atoms with Crippen molar-refractivity contribution in [3.63, 3.8) is 0 Å². The second-order valence-corrected chi connectivity index (χ2v) is 10.3. The second kappa shape index (κ2) is 10.5. The van der Waals surface area contributed by atoms with Crippen molar-refractivity contribution in [2.45, 2.75) is 71.4 Å². The number of carbonyl (C=O) groups is 3. The molecule has 0 spiro atoms. The first-order chi connectivity index (χ1) is 16.5. The molecule has 0 fully saturated rings. The number of hydrogen-bond acceptors (Lipinski definition) is 4. The molecule has 2 aromatic carbocycles. The predicted octanol–water partition coefficient (Wildman–Crippen LogP) is 5.09. The molecule has 0 radical (unpaired) electrons. The van der Waals surface area contributed by atoms with Crippen molar-refractivity contribution in [3.8, 4) is 11.1 Å². The summed E-state index contributed by atoms with van der Waals surface area (Å²) in [5.41, 5.74) is 2.44. The van der Waals surface area contributed by atoms with E-state index in [1.54, 1.807) is 27.7 Å². The van der Waals surface area contributed by atoms with Crippen LogP contribution in [0, 0.1) is 5.41 Å². The number of carboxylic acids is 1. The van der Waals surface area contributed by atoms with Gasteiger partial charge in [-0.25, -0.2) is 4.79 Å². The van der Waals surface area contributed by atoms with Crippen LogP contribution in [-0.2, 0) is 14.3 Å². The van der Waals surface area contributed by atoms with Crippen LogP contribution in [-0.4, -0.2) is 41.3 Å². The van der Waals surface area contributed by atoms with E-state index in [1.807, 2.05) is 31.2 Å². The summed E-state index contributed by atoms with van der Waals surface area (Å²) < 4.78 is 5.63. The van der Waals surface area contributed by atoms with Gasteiger partial charge in [0.25, 0.3) is 0 Å². The molecule has 0 heterocycles. The molecule has 3 rings (SSSR count). The number of hydrogen-bond donors (Lipinski definition) is 3. The molecular weight excluding hydrogens is 444 g/mol. The zero-order chi connectivity index (χ0) is 25.8. The maximum Gasteiger partial charge on any atom is 0.407 e. The Labute approximate surface area is 207 Å². The lowest BCUT2D eigenvalue weighted by atomic mass is 9.74. The summed E-state index contributed by atoms with van der Waals surface area (Å²) in [7, 11) is 0. The van der Waals surface area contributed by atoms with Gasteiger partial charge in [-0.15, -0.1) is 0 Å². The SMILES string of the molecule is CCCC(CC(=O)NC(C)(C)C(C)(C)C(=O)O)NC(=O)OCC1c2ccccc2-c2ccccc21. The van der Waals surface area contributed by atoms with Crippen molar-refractivity contribution in [2.75, 3.05) is 6.61 Å². The van der Waals surface area contributed by atoms with E-state index < -0.39 is 29.1 Å². The summed E-state index contributed by atoms with van der Waals surface area (Å²) in [4.78, 5) is 37.1. The molecule has 0 aliphatic heterocycles. The fourth-order valence-corrected chi connectivity index (χ4v) is 4.43. The molecule has 0 bridgehead atoms. The van der Waals surface area contributed by atoms with Crippen molar-refractivity contribution < 1.29 is 24.2 Å². The first kappa shape index (κ1) is 26.3. The Bertz CT molecular complexity index is 1050. The quantitative estimate of drug-likeness (QED) is 0.439. The van der Waals surface area contributed by atoms with E-state index in [0.717, 1.165) is 28.7 Å². The number of carboxylic acid groups (broad SMARTS) is 1. The fourth-order valence-electron chi connectivity index (χ4n) is 4.43. The minimum Gasteiger partial charge on any atom is -0.481 e. The number of amides is 2. The summed E-state index contributed by atoms with van der Waals surface area (Å²) in [6.45, 7) is 8.70. The third-order valence-corrected chi connectivity index (χ3v) is 7.28. The smallest absolute Gasteiger partial charge is 0.407 e. The van der Waals surface area contributed by atoms with Gasteiger partial charge in [0.05, 0.1) is 5.41 Å². The van der Waals surface area contributed by atoms with Gasteiger partial charge in [0.2, 0.25) is 5.91 Å². The van der Waals surface area contributed by atoms with E-state index in [9.17, 15) is 19.5 Å². The van der Waals surface area contributed by atoms with Crippen LogP contribution in [0.15, 0.2) is 48.5 Å². The van der Waals surface area contributed by atoms with Crippen molar-refractivity contribution >= 4 is 18.0 Å². The monoisotopic (exact) mass is 480 g/mol. The molecule has 3 N–H and O–H groups in total. The summed E-state index contributed by atoms with van der Waals surface area (Å²) in [6.07, 6.45) is 0.839. The van der Waals surface area contributed by atoms with Crippen LogP contribution in [0.25, 0.3) is 11.1 Å². The van der Waals surface area contributed by atoms with Gasteiger partial charge in [-0.1, -0.05) is 61.9 Å². The van der Waals surface area contributed by atoms with Gasteiger partial charge < -0.3 is 20.5 Å². The molecule has 188 valence electrons. The molecule has 2 amide bonds. The molecule has 1 aliphatic rings. The number of carbonyl (C=O) groups excluding carboxylic acids is 2. The van der Waals surface area contributed by atoms with Crippen molar-refractivity contribution in [1.29, 1.82) is 0 Å². The molecule has 1 atom stereocenters. The lowest BCUT2D eigenvalue weighted by molar-refractivity contribution is -0.151. The summed E-state index contributed by atoms with van der Waals surface area (Å²) in [5, 5.41) is 15.2. The molecule has 0 saturated heterocycles. The van der Waals surface area contributed by atoms with Crippen molar-refractivity contribution in [1.82, 2.24) is 10.6 Å².